The number of hydrogen-bond donors (Lipinski definition) is 1. The number of nitrogens with zero attached hydrogens (tertiary/aromatic N) is 3. The molecule has 0 aliphatic heterocycles. The Bertz CT molecular complexity index is 991. The summed E-state index contributed by atoms with van der Waals surface area (Å²) in [5.41, 5.74) is 8.33. The van der Waals surface area contributed by atoms with E-state index in [2.05, 4.69) is 69.5 Å². The summed E-state index contributed by atoms with van der Waals surface area (Å²) >= 11 is 0. The van der Waals surface area contributed by atoms with E-state index < -0.39 is 0 Å². The Morgan fingerprint density at radius 1 is 1.04 bits per heavy atom. The summed E-state index contributed by atoms with van der Waals surface area (Å²) < 4.78 is 0. The van der Waals surface area contributed by atoms with Gasteiger partial charge in [0, 0.05) is 30.7 Å². The van der Waals surface area contributed by atoms with Crippen molar-refractivity contribution in [1.29, 1.82) is 0 Å². The lowest BCUT2D eigenvalue weighted by Gasteiger charge is -2.13. The molecule has 1 N–H and O–H groups in total. The highest BCUT2D eigenvalue weighted by molar-refractivity contribution is 6.06. The summed E-state index contributed by atoms with van der Waals surface area (Å²) in [5.74, 6) is 0. The van der Waals surface area contributed by atoms with E-state index in [-0.39, 0.29) is 0 Å². The fourth-order valence-electron chi connectivity index (χ4n) is 3.55. The lowest BCUT2D eigenvalue weighted by atomic mass is 9.94. The van der Waals surface area contributed by atoms with Gasteiger partial charge in [-0.3, -0.25) is 0 Å². The van der Waals surface area contributed by atoms with E-state index in [1.165, 1.54) is 27.7 Å². The first-order valence-electron chi connectivity index (χ1n) is 9.11. The first kappa shape index (κ1) is 16.6. The first-order chi connectivity index (χ1) is 12.6. The standard InChI is InChI=1S/C22H24N4/c1-15-7-12-20-19(13-15)18-5-4-6-21(22(18)24-20)25-23-14-16-8-10-17(11-9-16)26(2)3/h7-14,24H,4-6H2,1-3H3/b23-14+,25-21?. The number of aryl methyl sites for hydroxylation is 2. The van der Waals surface area contributed by atoms with E-state index in [9.17, 15) is 0 Å². The summed E-state index contributed by atoms with van der Waals surface area (Å²) in [6, 6.07) is 14.9. The van der Waals surface area contributed by atoms with Gasteiger partial charge in [-0.15, -0.1) is 0 Å². The van der Waals surface area contributed by atoms with Gasteiger partial charge in [-0.1, -0.05) is 23.8 Å². The van der Waals surface area contributed by atoms with Crippen molar-refractivity contribution in [2.24, 2.45) is 10.2 Å². The van der Waals surface area contributed by atoms with E-state index in [0.717, 1.165) is 36.2 Å². The summed E-state index contributed by atoms with van der Waals surface area (Å²) in [6.07, 6.45) is 5.02. The van der Waals surface area contributed by atoms with E-state index in [1.807, 2.05) is 20.3 Å². The Hall–Kier alpha value is -2.88. The van der Waals surface area contributed by atoms with Crippen LogP contribution in [-0.2, 0) is 6.42 Å². The minimum atomic E-state index is 0.968. The highest BCUT2D eigenvalue weighted by Crippen LogP contribution is 2.30. The van der Waals surface area contributed by atoms with Crippen LogP contribution in [0.2, 0.25) is 0 Å². The Kier molecular flexibility index (Phi) is 4.33. The number of benzene rings is 2. The maximum Gasteiger partial charge on any atom is 0.0867 e. The molecule has 0 unspecified atom stereocenters. The molecule has 0 saturated heterocycles. The fraction of sp³-hybridized carbons (Fsp3) is 0.273. The molecule has 4 rings (SSSR count). The van der Waals surface area contributed by atoms with Gasteiger partial charge in [0.05, 0.1) is 17.6 Å². The molecule has 0 fully saturated rings. The fourth-order valence-corrected chi connectivity index (χ4v) is 3.55. The van der Waals surface area contributed by atoms with E-state index in [1.54, 1.807) is 0 Å². The van der Waals surface area contributed by atoms with Gasteiger partial charge >= 0.3 is 0 Å². The van der Waals surface area contributed by atoms with Crippen LogP contribution >= 0.6 is 0 Å². The van der Waals surface area contributed by atoms with Crippen molar-refractivity contribution in [3.8, 4) is 0 Å². The van der Waals surface area contributed by atoms with Gasteiger partial charge in [0.15, 0.2) is 0 Å². The van der Waals surface area contributed by atoms with Crippen LogP contribution in [-0.4, -0.2) is 31.0 Å². The van der Waals surface area contributed by atoms with Crippen LogP contribution in [0.25, 0.3) is 10.9 Å². The van der Waals surface area contributed by atoms with Gasteiger partial charge in [-0.25, -0.2) is 0 Å². The van der Waals surface area contributed by atoms with Gasteiger partial charge in [0.25, 0.3) is 0 Å². The van der Waals surface area contributed by atoms with E-state index in [4.69, 9.17) is 0 Å². The molecule has 1 aliphatic rings. The monoisotopic (exact) mass is 344 g/mol. The summed E-state index contributed by atoms with van der Waals surface area (Å²) in [5, 5.41) is 10.2. The molecule has 4 nitrogen and oxygen atoms in total. The summed E-state index contributed by atoms with van der Waals surface area (Å²) in [7, 11) is 4.08. The normalized spacial score (nSPS) is 15.7. The third kappa shape index (κ3) is 3.15. The zero-order valence-electron chi connectivity index (χ0n) is 15.6. The average molecular weight is 344 g/mol. The second-order valence-electron chi connectivity index (χ2n) is 7.16. The van der Waals surface area contributed by atoms with Gasteiger partial charge in [0.2, 0.25) is 0 Å². The SMILES string of the molecule is Cc1ccc2[nH]c3c(c2c1)CCCC3=N/N=C/c1ccc(N(C)C)cc1. The molecule has 0 bridgehead atoms. The Morgan fingerprint density at radius 3 is 2.62 bits per heavy atom. The zero-order chi connectivity index (χ0) is 18.1. The molecular weight excluding hydrogens is 320 g/mol. The van der Waals surface area contributed by atoms with Crippen molar-refractivity contribution < 1.29 is 0 Å². The minimum absolute atomic E-state index is 0.968. The van der Waals surface area contributed by atoms with Gasteiger partial charge in [-0.05, 0) is 61.6 Å². The van der Waals surface area contributed by atoms with Gasteiger partial charge in [0.1, 0.15) is 0 Å². The van der Waals surface area contributed by atoms with Crippen LogP contribution in [0.15, 0.2) is 52.7 Å². The molecule has 0 saturated carbocycles. The van der Waals surface area contributed by atoms with Crippen LogP contribution in [0.5, 0.6) is 0 Å². The molecule has 3 aromatic rings. The predicted octanol–water partition coefficient (Wildman–Crippen LogP) is 4.70. The average Bonchev–Trinajstić information content (AvgIpc) is 3.01. The molecule has 0 radical (unpaired) electrons. The number of aromatic amines is 1. The smallest absolute Gasteiger partial charge is 0.0867 e. The highest BCUT2D eigenvalue weighted by atomic mass is 15.2. The van der Waals surface area contributed by atoms with Crippen LogP contribution in [0, 0.1) is 6.92 Å². The van der Waals surface area contributed by atoms with E-state index in [0.29, 0.717) is 0 Å². The third-order valence-corrected chi connectivity index (χ3v) is 4.99. The minimum Gasteiger partial charge on any atom is -0.378 e. The van der Waals surface area contributed by atoms with Gasteiger partial charge < -0.3 is 9.88 Å². The molecule has 4 heteroatoms. The van der Waals surface area contributed by atoms with Crippen molar-refractivity contribution >= 4 is 28.5 Å². The van der Waals surface area contributed by atoms with Crippen LogP contribution in [0.1, 0.15) is 35.2 Å². The number of H-pyrrole nitrogens is 1. The number of nitrogens with one attached hydrogen (secondary N) is 1. The molecule has 0 amide bonds. The lowest BCUT2D eigenvalue weighted by molar-refractivity contribution is 0.837. The van der Waals surface area contributed by atoms with Crippen molar-refractivity contribution in [2.75, 3.05) is 19.0 Å². The predicted molar refractivity (Wildman–Crippen MR) is 111 cm³/mol. The lowest BCUT2D eigenvalue weighted by Crippen LogP contribution is -2.10. The third-order valence-electron chi connectivity index (χ3n) is 4.99. The summed E-state index contributed by atoms with van der Waals surface area (Å²) in [6.45, 7) is 2.14. The van der Waals surface area contributed by atoms with Crippen molar-refractivity contribution in [2.45, 2.75) is 26.2 Å². The maximum absolute atomic E-state index is 4.54. The molecule has 26 heavy (non-hydrogen) atoms. The van der Waals surface area contributed by atoms with Gasteiger partial charge in [-0.2, -0.15) is 10.2 Å². The number of hydrogen-bond acceptors (Lipinski definition) is 3. The van der Waals surface area contributed by atoms with Crippen LogP contribution in [0.3, 0.4) is 0 Å². The number of rotatable bonds is 3. The molecular formula is C22H24N4. The maximum atomic E-state index is 4.54. The molecule has 2 aromatic carbocycles. The highest BCUT2D eigenvalue weighted by Gasteiger charge is 2.20. The Labute approximate surface area is 154 Å². The van der Waals surface area contributed by atoms with Crippen molar-refractivity contribution in [3.63, 3.8) is 0 Å². The van der Waals surface area contributed by atoms with Crippen LogP contribution < -0.4 is 4.90 Å². The molecule has 0 atom stereocenters. The second kappa shape index (κ2) is 6.79. The number of anilines is 1. The number of aromatic nitrogens is 1. The Balaban J connectivity index is 1.62. The first-order valence-corrected chi connectivity index (χ1v) is 9.11. The molecule has 1 aromatic heterocycles. The molecule has 0 spiro atoms. The van der Waals surface area contributed by atoms with Crippen LogP contribution in [0.4, 0.5) is 5.69 Å². The molecule has 132 valence electrons. The molecule has 1 heterocycles. The van der Waals surface area contributed by atoms with E-state index >= 15 is 0 Å². The largest absolute Gasteiger partial charge is 0.378 e. The van der Waals surface area contributed by atoms with Crippen molar-refractivity contribution in [3.05, 3.63) is 64.8 Å². The Morgan fingerprint density at radius 2 is 1.85 bits per heavy atom. The summed E-state index contributed by atoms with van der Waals surface area (Å²) in [4.78, 5) is 5.64. The van der Waals surface area contributed by atoms with Crippen molar-refractivity contribution in [1.82, 2.24) is 4.98 Å². The topological polar surface area (TPSA) is 43.8 Å². The zero-order valence-corrected chi connectivity index (χ0v) is 15.6. The number of fused-ring (bicyclic) bond motifs is 3. The second-order valence-corrected chi connectivity index (χ2v) is 7.16. The quantitative estimate of drug-likeness (QED) is 0.543. The molecule has 1 aliphatic carbocycles.